The second-order valence-corrected chi connectivity index (χ2v) is 3.91. The highest BCUT2D eigenvalue weighted by Crippen LogP contribution is 2.05. The summed E-state index contributed by atoms with van der Waals surface area (Å²) in [6.45, 7) is 2.31. The smallest absolute Gasteiger partial charge is 0.224 e. The van der Waals surface area contributed by atoms with Crippen molar-refractivity contribution in [1.29, 1.82) is 0 Å². The highest BCUT2D eigenvalue weighted by molar-refractivity contribution is 6.19. The van der Waals surface area contributed by atoms with E-state index in [1.807, 2.05) is 0 Å². The zero-order valence-electron chi connectivity index (χ0n) is 8.18. The molecule has 0 aromatic heterocycles. The molecule has 2 unspecified atom stereocenters. The lowest BCUT2D eigenvalue weighted by Gasteiger charge is -2.24. The van der Waals surface area contributed by atoms with Crippen LogP contribution in [0.2, 0.25) is 0 Å². The average molecular weight is 219 g/mol. The molecule has 0 aromatic rings. The van der Waals surface area contributed by atoms with E-state index in [-0.39, 0.29) is 23.8 Å². The molecule has 4 nitrogen and oxygen atoms in total. The first-order valence-electron chi connectivity index (χ1n) is 4.76. The minimum atomic E-state index is -0.172. The maximum atomic E-state index is 11.4. The number of nitrogens with one attached hydrogen (secondary N) is 2. The molecule has 2 atom stereocenters. The second-order valence-electron chi connectivity index (χ2n) is 3.60. The van der Waals surface area contributed by atoms with Gasteiger partial charge in [0.2, 0.25) is 11.8 Å². The number of hydrogen-bond acceptors (Lipinski definition) is 2. The summed E-state index contributed by atoms with van der Waals surface area (Å²) in [5.41, 5.74) is 0. The Morgan fingerprint density at radius 1 is 1.79 bits per heavy atom. The molecule has 2 N–H and O–H groups in total. The molecule has 2 amide bonds. The van der Waals surface area contributed by atoms with Crippen molar-refractivity contribution in [3.05, 3.63) is 0 Å². The number of carbonyl (C=O) groups excluding carboxylic acids is 2. The van der Waals surface area contributed by atoms with Gasteiger partial charge in [-0.05, 0) is 6.42 Å². The van der Waals surface area contributed by atoms with Crippen LogP contribution in [0.25, 0.3) is 0 Å². The maximum absolute atomic E-state index is 11.4. The van der Waals surface area contributed by atoms with Crippen molar-refractivity contribution < 1.29 is 9.59 Å². The fourth-order valence-corrected chi connectivity index (χ4v) is 1.41. The molecule has 80 valence electrons. The van der Waals surface area contributed by atoms with Gasteiger partial charge in [0.05, 0.1) is 0 Å². The Morgan fingerprint density at radius 2 is 2.50 bits per heavy atom. The molecule has 0 spiro atoms. The highest BCUT2D eigenvalue weighted by Gasteiger charge is 2.21. The Labute approximate surface area is 88.4 Å². The largest absolute Gasteiger partial charge is 0.354 e. The molecule has 0 bridgehead atoms. The van der Waals surface area contributed by atoms with E-state index >= 15 is 0 Å². The number of alkyl halides is 1. The third-order valence-electron chi connectivity index (χ3n) is 2.29. The summed E-state index contributed by atoms with van der Waals surface area (Å²) in [7, 11) is 0. The van der Waals surface area contributed by atoms with Crippen molar-refractivity contribution in [2.75, 3.05) is 12.4 Å². The number of carbonyl (C=O) groups is 2. The van der Waals surface area contributed by atoms with E-state index in [1.165, 1.54) is 0 Å². The van der Waals surface area contributed by atoms with E-state index in [0.29, 0.717) is 25.3 Å². The summed E-state index contributed by atoms with van der Waals surface area (Å²) in [6, 6.07) is 0.0610. The predicted molar refractivity (Wildman–Crippen MR) is 54.1 cm³/mol. The first-order valence-corrected chi connectivity index (χ1v) is 5.30. The van der Waals surface area contributed by atoms with Gasteiger partial charge in [-0.2, -0.15) is 0 Å². The molecule has 1 saturated heterocycles. The Bertz CT molecular complexity index is 223. The van der Waals surface area contributed by atoms with Crippen LogP contribution in [0.5, 0.6) is 0 Å². The van der Waals surface area contributed by atoms with E-state index < -0.39 is 0 Å². The van der Waals surface area contributed by atoms with Crippen LogP contribution in [0.1, 0.15) is 19.8 Å². The van der Waals surface area contributed by atoms with Crippen molar-refractivity contribution in [2.24, 2.45) is 5.92 Å². The Kier molecular flexibility index (Phi) is 4.20. The van der Waals surface area contributed by atoms with Crippen LogP contribution >= 0.6 is 11.6 Å². The zero-order valence-corrected chi connectivity index (χ0v) is 8.93. The van der Waals surface area contributed by atoms with Gasteiger partial charge in [0.15, 0.2) is 0 Å². The van der Waals surface area contributed by atoms with Crippen molar-refractivity contribution in [3.63, 3.8) is 0 Å². The van der Waals surface area contributed by atoms with Gasteiger partial charge in [-0.25, -0.2) is 0 Å². The molecule has 1 aliphatic rings. The molecule has 0 radical (unpaired) electrons. The van der Waals surface area contributed by atoms with Crippen LogP contribution in [0, 0.1) is 5.92 Å². The van der Waals surface area contributed by atoms with E-state index in [9.17, 15) is 9.59 Å². The SMILES string of the molecule is CC(CCl)C(=O)NC1CCC(=O)NC1. The van der Waals surface area contributed by atoms with Gasteiger partial charge in [0, 0.05) is 30.8 Å². The number of hydrogen-bond donors (Lipinski definition) is 2. The predicted octanol–water partition coefficient (Wildman–Crippen LogP) is 0.256. The number of halogens is 1. The lowest BCUT2D eigenvalue weighted by atomic mass is 10.1. The molecular weight excluding hydrogens is 204 g/mol. The van der Waals surface area contributed by atoms with Crippen LogP contribution in [-0.2, 0) is 9.59 Å². The summed E-state index contributed by atoms with van der Waals surface area (Å²) < 4.78 is 0. The van der Waals surface area contributed by atoms with E-state index in [1.54, 1.807) is 6.92 Å². The molecule has 1 fully saturated rings. The highest BCUT2D eigenvalue weighted by atomic mass is 35.5. The quantitative estimate of drug-likeness (QED) is 0.668. The van der Waals surface area contributed by atoms with Crippen LogP contribution in [0.3, 0.4) is 0 Å². The number of rotatable bonds is 3. The Hall–Kier alpha value is -0.770. The van der Waals surface area contributed by atoms with Crippen LogP contribution in [0.4, 0.5) is 0 Å². The average Bonchev–Trinajstić information content (AvgIpc) is 2.20. The van der Waals surface area contributed by atoms with Gasteiger partial charge in [0.1, 0.15) is 0 Å². The van der Waals surface area contributed by atoms with Gasteiger partial charge in [-0.3, -0.25) is 9.59 Å². The summed E-state index contributed by atoms with van der Waals surface area (Å²) in [4.78, 5) is 22.3. The normalized spacial score (nSPS) is 23.9. The lowest BCUT2D eigenvalue weighted by Crippen LogP contribution is -2.49. The van der Waals surface area contributed by atoms with Gasteiger partial charge in [0.25, 0.3) is 0 Å². The third kappa shape index (κ3) is 3.18. The van der Waals surface area contributed by atoms with Crippen LogP contribution < -0.4 is 10.6 Å². The van der Waals surface area contributed by atoms with E-state index in [0.717, 1.165) is 0 Å². The Morgan fingerprint density at radius 3 is 3.00 bits per heavy atom. The van der Waals surface area contributed by atoms with Crippen molar-refractivity contribution in [3.8, 4) is 0 Å². The second kappa shape index (κ2) is 5.20. The number of piperidine rings is 1. The van der Waals surface area contributed by atoms with Gasteiger partial charge >= 0.3 is 0 Å². The molecule has 0 saturated carbocycles. The first kappa shape index (κ1) is 11.3. The summed E-state index contributed by atoms with van der Waals surface area (Å²) in [5, 5.41) is 5.56. The van der Waals surface area contributed by atoms with Crippen molar-refractivity contribution in [1.82, 2.24) is 10.6 Å². The molecule has 14 heavy (non-hydrogen) atoms. The standard InChI is InChI=1S/C9H15ClN2O2/c1-6(4-10)9(14)12-7-2-3-8(13)11-5-7/h6-7H,2-5H2,1H3,(H,11,13)(H,12,14). The van der Waals surface area contributed by atoms with Gasteiger partial charge < -0.3 is 10.6 Å². The molecule has 1 heterocycles. The zero-order chi connectivity index (χ0) is 10.6. The lowest BCUT2D eigenvalue weighted by molar-refractivity contribution is -0.127. The van der Waals surface area contributed by atoms with E-state index in [2.05, 4.69) is 10.6 Å². The summed E-state index contributed by atoms with van der Waals surface area (Å²) in [5.74, 6) is 0.168. The van der Waals surface area contributed by atoms with Crippen molar-refractivity contribution >= 4 is 23.4 Å². The van der Waals surface area contributed by atoms with Gasteiger partial charge in [-0.15, -0.1) is 11.6 Å². The van der Waals surface area contributed by atoms with Crippen LogP contribution in [-0.4, -0.2) is 30.3 Å². The summed E-state index contributed by atoms with van der Waals surface area (Å²) >= 11 is 5.56. The topological polar surface area (TPSA) is 58.2 Å². The third-order valence-corrected chi connectivity index (χ3v) is 2.75. The van der Waals surface area contributed by atoms with Crippen LogP contribution in [0.15, 0.2) is 0 Å². The summed E-state index contributed by atoms with van der Waals surface area (Å²) in [6.07, 6.45) is 1.20. The fraction of sp³-hybridized carbons (Fsp3) is 0.778. The molecule has 5 heteroatoms. The molecule has 0 aromatic carbocycles. The van der Waals surface area contributed by atoms with Crippen molar-refractivity contribution in [2.45, 2.75) is 25.8 Å². The first-order chi connectivity index (χ1) is 6.63. The van der Waals surface area contributed by atoms with E-state index in [4.69, 9.17) is 11.6 Å². The minimum absolute atomic E-state index is 0.0406. The maximum Gasteiger partial charge on any atom is 0.224 e. The monoisotopic (exact) mass is 218 g/mol. The minimum Gasteiger partial charge on any atom is -0.354 e. The number of amides is 2. The fourth-order valence-electron chi connectivity index (χ4n) is 1.27. The molecule has 0 aliphatic carbocycles. The van der Waals surface area contributed by atoms with Gasteiger partial charge in [-0.1, -0.05) is 6.92 Å². The molecule has 1 rings (SSSR count). The molecular formula is C9H15ClN2O2. The molecule has 1 aliphatic heterocycles. The Balaban J connectivity index is 2.30.